The highest BCUT2D eigenvalue weighted by molar-refractivity contribution is 9.10. The number of H-pyrrole nitrogens is 1. The highest BCUT2D eigenvalue weighted by Crippen LogP contribution is 2.30. The van der Waals surface area contributed by atoms with Gasteiger partial charge in [-0.1, -0.05) is 0 Å². The van der Waals surface area contributed by atoms with Crippen molar-refractivity contribution in [2.45, 2.75) is 12.6 Å². The first-order chi connectivity index (χ1) is 6.73. The Balaban J connectivity index is 3.39. The van der Waals surface area contributed by atoms with Crippen molar-refractivity contribution in [1.29, 1.82) is 0 Å². The number of rotatable bonds is 1. The second kappa shape index (κ2) is 3.92. The molecule has 0 spiro atoms. The summed E-state index contributed by atoms with van der Waals surface area (Å²) in [5.41, 5.74) is -3.74. The Kier molecular flexibility index (Phi) is 3.17. The first kappa shape index (κ1) is 12.2. The molecule has 0 saturated carbocycles. The molecule has 84 valence electrons. The summed E-state index contributed by atoms with van der Waals surface area (Å²) in [5, 5.41) is 0. The Bertz CT molecular complexity index is 424. The highest BCUT2D eigenvalue weighted by Gasteiger charge is 2.33. The summed E-state index contributed by atoms with van der Waals surface area (Å²) in [6, 6.07) is 0.103. The lowest BCUT2D eigenvalue weighted by atomic mass is 10.2. The van der Waals surface area contributed by atoms with Crippen molar-refractivity contribution in [2.75, 3.05) is 0 Å². The molecular weight excluding hydrogens is 289 g/mol. The fourth-order valence-corrected chi connectivity index (χ4v) is 1.48. The number of hydrogen-bond acceptors (Lipinski definition) is 1. The third kappa shape index (κ3) is 2.55. The van der Waals surface area contributed by atoms with Crippen LogP contribution in [0.2, 0.25) is 0 Å². The molecular formula is C7H3BrF5NO. The molecule has 0 amide bonds. The van der Waals surface area contributed by atoms with Crippen molar-refractivity contribution in [3.8, 4) is 0 Å². The Morgan fingerprint density at radius 3 is 2.20 bits per heavy atom. The maximum absolute atomic E-state index is 12.2. The summed E-state index contributed by atoms with van der Waals surface area (Å²) in [6.45, 7) is 0. The van der Waals surface area contributed by atoms with Gasteiger partial charge in [0.2, 0.25) is 0 Å². The molecule has 0 unspecified atom stereocenters. The van der Waals surface area contributed by atoms with Gasteiger partial charge in [-0.25, -0.2) is 8.78 Å². The van der Waals surface area contributed by atoms with E-state index in [4.69, 9.17) is 0 Å². The van der Waals surface area contributed by atoms with Crippen LogP contribution >= 0.6 is 15.9 Å². The third-order valence-corrected chi connectivity index (χ3v) is 2.17. The van der Waals surface area contributed by atoms with E-state index in [9.17, 15) is 26.7 Å². The molecule has 0 aliphatic heterocycles. The average molecular weight is 292 g/mol. The Morgan fingerprint density at radius 1 is 1.33 bits per heavy atom. The highest BCUT2D eigenvalue weighted by atomic mass is 79.9. The number of pyridine rings is 1. The SMILES string of the molecule is O=c1cc(C(F)(F)F)[nH]c(Br)c1C(F)F. The van der Waals surface area contributed by atoms with Crippen molar-refractivity contribution in [3.63, 3.8) is 0 Å². The van der Waals surface area contributed by atoms with Gasteiger partial charge >= 0.3 is 6.18 Å². The lowest BCUT2D eigenvalue weighted by molar-refractivity contribution is -0.141. The average Bonchev–Trinajstić information content (AvgIpc) is 1.99. The van der Waals surface area contributed by atoms with Gasteiger partial charge in [0, 0.05) is 6.07 Å². The first-order valence-electron chi connectivity index (χ1n) is 3.51. The molecule has 0 bridgehead atoms. The molecule has 2 nitrogen and oxygen atoms in total. The maximum atomic E-state index is 12.2. The normalized spacial score (nSPS) is 12.2. The van der Waals surface area contributed by atoms with E-state index in [1.165, 1.54) is 0 Å². The van der Waals surface area contributed by atoms with E-state index in [0.717, 1.165) is 0 Å². The zero-order chi connectivity index (χ0) is 11.8. The largest absolute Gasteiger partial charge is 0.431 e. The smallest absolute Gasteiger partial charge is 0.345 e. The van der Waals surface area contributed by atoms with Crippen LogP contribution in [0.1, 0.15) is 17.7 Å². The zero-order valence-electron chi connectivity index (χ0n) is 6.83. The number of aromatic amines is 1. The molecule has 0 saturated heterocycles. The van der Waals surface area contributed by atoms with E-state index in [1.54, 1.807) is 4.98 Å². The predicted octanol–water partition coefficient (Wildman–Crippen LogP) is 3.09. The first-order valence-corrected chi connectivity index (χ1v) is 4.31. The van der Waals surface area contributed by atoms with Crippen LogP contribution in [0.5, 0.6) is 0 Å². The topological polar surface area (TPSA) is 32.9 Å². The fraction of sp³-hybridized carbons (Fsp3) is 0.286. The van der Waals surface area contributed by atoms with Crippen molar-refractivity contribution in [1.82, 2.24) is 4.98 Å². The van der Waals surface area contributed by atoms with Gasteiger partial charge in [-0.15, -0.1) is 0 Å². The monoisotopic (exact) mass is 291 g/mol. The van der Waals surface area contributed by atoms with Crippen molar-refractivity contribution in [2.24, 2.45) is 0 Å². The number of halogens is 6. The summed E-state index contributed by atoms with van der Waals surface area (Å²) >= 11 is 2.46. The van der Waals surface area contributed by atoms with Crippen LogP contribution in [-0.2, 0) is 6.18 Å². The molecule has 1 N–H and O–H groups in total. The number of nitrogens with one attached hydrogen (secondary N) is 1. The summed E-state index contributed by atoms with van der Waals surface area (Å²) in [5.74, 6) is 0. The third-order valence-electron chi connectivity index (χ3n) is 1.55. The van der Waals surface area contributed by atoms with Gasteiger partial charge in [0.25, 0.3) is 6.43 Å². The summed E-state index contributed by atoms with van der Waals surface area (Å²) < 4.78 is 60.0. The van der Waals surface area contributed by atoms with Crippen LogP contribution in [0.25, 0.3) is 0 Å². The quantitative estimate of drug-likeness (QED) is 0.626. The number of alkyl halides is 5. The maximum Gasteiger partial charge on any atom is 0.431 e. The van der Waals surface area contributed by atoms with Gasteiger partial charge in [0.05, 0.1) is 10.2 Å². The molecule has 1 rings (SSSR count). The van der Waals surface area contributed by atoms with Gasteiger partial charge in [-0.3, -0.25) is 4.79 Å². The van der Waals surface area contributed by atoms with Crippen LogP contribution < -0.4 is 5.43 Å². The van der Waals surface area contributed by atoms with Crippen LogP contribution in [0.15, 0.2) is 15.5 Å². The number of hydrogen-bond donors (Lipinski definition) is 1. The Hall–Kier alpha value is -0.920. The second-order valence-electron chi connectivity index (χ2n) is 2.57. The lowest BCUT2D eigenvalue weighted by Crippen LogP contribution is -2.17. The summed E-state index contributed by atoms with van der Waals surface area (Å²) in [7, 11) is 0. The van der Waals surface area contributed by atoms with Crippen molar-refractivity contribution < 1.29 is 22.0 Å². The van der Waals surface area contributed by atoms with Crippen molar-refractivity contribution >= 4 is 15.9 Å². The van der Waals surface area contributed by atoms with Gasteiger partial charge in [0.1, 0.15) is 5.69 Å². The van der Waals surface area contributed by atoms with Gasteiger partial charge in [-0.05, 0) is 15.9 Å². The zero-order valence-corrected chi connectivity index (χ0v) is 8.42. The van der Waals surface area contributed by atoms with Gasteiger partial charge < -0.3 is 4.98 Å². The molecule has 0 fully saturated rings. The van der Waals surface area contributed by atoms with E-state index < -0.39 is 33.9 Å². The van der Waals surface area contributed by atoms with Crippen molar-refractivity contribution in [3.05, 3.63) is 32.2 Å². The van der Waals surface area contributed by atoms with Crippen LogP contribution in [-0.4, -0.2) is 4.98 Å². The lowest BCUT2D eigenvalue weighted by Gasteiger charge is -2.09. The molecule has 1 aromatic heterocycles. The second-order valence-corrected chi connectivity index (χ2v) is 3.37. The van der Waals surface area contributed by atoms with Crippen LogP contribution in [0.3, 0.4) is 0 Å². The molecule has 0 radical (unpaired) electrons. The minimum Gasteiger partial charge on any atom is -0.345 e. The molecule has 0 aliphatic rings. The minimum absolute atomic E-state index is 0.103. The standard InChI is InChI=1S/C7H3BrF5NO/c8-5-4(6(9)10)2(15)1-3(14-5)7(11,12)13/h1,6H,(H,14,15). The minimum atomic E-state index is -4.78. The summed E-state index contributed by atoms with van der Waals surface area (Å²) in [4.78, 5) is 12.6. The molecule has 1 heterocycles. The van der Waals surface area contributed by atoms with Crippen LogP contribution in [0, 0.1) is 0 Å². The van der Waals surface area contributed by atoms with Crippen LogP contribution in [0.4, 0.5) is 22.0 Å². The Labute approximate surface area is 88.2 Å². The molecule has 15 heavy (non-hydrogen) atoms. The van der Waals surface area contributed by atoms with E-state index in [-0.39, 0.29) is 6.07 Å². The van der Waals surface area contributed by atoms with Gasteiger partial charge in [0.15, 0.2) is 5.43 Å². The molecule has 0 aromatic carbocycles. The molecule has 1 aromatic rings. The van der Waals surface area contributed by atoms with Gasteiger partial charge in [-0.2, -0.15) is 13.2 Å². The predicted molar refractivity (Wildman–Crippen MR) is 44.7 cm³/mol. The van der Waals surface area contributed by atoms with E-state index >= 15 is 0 Å². The summed E-state index contributed by atoms with van der Waals surface area (Å²) in [6.07, 6.45) is -7.91. The fourth-order valence-electron chi connectivity index (χ4n) is 0.895. The molecule has 8 heteroatoms. The molecule has 0 aliphatic carbocycles. The molecule has 0 atom stereocenters. The number of aromatic nitrogens is 1. The Morgan fingerprint density at radius 2 is 1.87 bits per heavy atom. The van der Waals surface area contributed by atoms with E-state index in [1.807, 2.05) is 0 Å². The van der Waals surface area contributed by atoms with E-state index in [2.05, 4.69) is 15.9 Å². The van der Waals surface area contributed by atoms with E-state index in [0.29, 0.717) is 0 Å².